The molecule has 0 unspecified atom stereocenters. The lowest BCUT2D eigenvalue weighted by molar-refractivity contribution is -0.297. The summed E-state index contributed by atoms with van der Waals surface area (Å²) >= 11 is 0. The third-order valence-electron chi connectivity index (χ3n) is 12.7. The third kappa shape index (κ3) is 4.17. The maximum absolute atomic E-state index is 11.7. The molecule has 0 aromatic heterocycles. The van der Waals surface area contributed by atoms with E-state index in [2.05, 4.69) is 46.4 Å². The Hall–Kier alpha value is -0.420. The first-order chi connectivity index (χ1) is 16.1. The number of rotatable bonds is 6. The summed E-state index contributed by atoms with van der Waals surface area (Å²) in [7, 11) is 0. The van der Waals surface area contributed by atoms with E-state index in [4.69, 9.17) is 5.26 Å². The molecule has 0 amide bonds. The van der Waals surface area contributed by atoms with Gasteiger partial charge in [0.15, 0.2) is 0 Å². The first kappa shape index (κ1) is 27.6. The molecule has 4 heteroatoms. The van der Waals surface area contributed by atoms with Crippen LogP contribution in [-0.2, 0) is 4.89 Å². The van der Waals surface area contributed by atoms with E-state index in [-0.39, 0.29) is 16.9 Å². The van der Waals surface area contributed by atoms with Gasteiger partial charge in [0, 0.05) is 0 Å². The molecule has 4 saturated carbocycles. The minimum Gasteiger partial charge on any atom is -0.393 e. The van der Waals surface area contributed by atoms with Crippen LogP contribution in [0.4, 0.5) is 0 Å². The number of aliphatic hydroxyl groups is 2. The van der Waals surface area contributed by atoms with Crippen LogP contribution in [0, 0.1) is 45.3 Å². The summed E-state index contributed by atoms with van der Waals surface area (Å²) in [5, 5.41) is 31.6. The third-order valence-corrected chi connectivity index (χ3v) is 12.7. The predicted molar refractivity (Wildman–Crippen MR) is 142 cm³/mol. The topological polar surface area (TPSA) is 69.9 Å². The molecule has 4 rings (SSSR count). The Kier molecular flexibility index (Phi) is 6.96. The Morgan fingerprint density at radius 1 is 0.857 bits per heavy atom. The van der Waals surface area contributed by atoms with Gasteiger partial charge >= 0.3 is 0 Å². The van der Waals surface area contributed by atoms with Crippen LogP contribution in [0.25, 0.3) is 0 Å². The molecule has 0 aromatic carbocycles. The Morgan fingerprint density at radius 2 is 1.51 bits per heavy atom. The Morgan fingerprint density at radius 3 is 2.17 bits per heavy atom. The van der Waals surface area contributed by atoms with Gasteiger partial charge in [-0.1, -0.05) is 46.8 Å². The average Bonchev–Trinajstić information content (AvgIpc) is 3.13. The lowest BCUT2D eigenvalue weighted by atomic mass is 9.35. The molecule has 0 aliphatic heterocycles. The fourth-order valence-corrected chi connectivity index (χ4v) is 10.4. The van der Waals surface area contributed by atoms with Crippen molar-refractivity contribution in [2.45, 2.75) is 137 Å². The van der Waals surface area contributed by atoms with Gasteiger partial charge < -0.3 is 10.2 Å². The van der Waals surface area contributed by atoms with Gasteiger partial charge in [0.2, 0.25) is 0 Å². The van der Waals surface area contributed by atoms with Gasteiger partial charge in [-0.3, -0.25) is 5.26 Å². The average molecular weight is 491 g/mol. The number of aliphatic hydroxyl groups excluding tert-OH is 1. The smallest absolute Gasteiger partial charge is 0.116 e. The molecule has 9 atom stereocenters. The highest BCUT2D eigenvalue weighted by molar-refractivity contribution is 5.18. The molecule has 0 aromatic rings. The van der Waals surface area contributed by atoms with Crippen LogP contribution in [0.5, 0.6) is 0 Å². The largest absolute Gasteiger partial charge is 0.393 e. The molecule has 0 radical (unpaired) electrons. The van der Waals surface area contributed by atoms with E-state index in [1.165, 1.54) is 32.1 Å². The summed E-state index contributed by atoms with van der Waals surface area (Å²) in [6, 6.07) is 0. The molecule has 0 heterocycles. The van der Waals surface area contributed by atoms with E-state index in [0.29, 0.717) is 34.5 Å². The summed E-state index contributed by atoms with van der Waals surface area (Å²) in [4.78, 5) is 4.52. The second kappa shape index (κ2) is 8.82. The van der Waals surface area contributed by atoms with E-state index in [0.717, 1.165) is 32.1 Å². The number of hydrogen-bond donors (Lipinski definition) is 3. The van der Waals surface area contributed by atoms with Crippen molar-refractivity contribution in [2.75, 3.05) is 0 Å². The van der Waals surface area contributed by atoms with E-state index in [1.807, 2.05) is 26.0 Å². The van der Waals surface area contributed by atoms with Crippen LogP contribution in [0.2, 0.25) is 0 Å². The predicted octanol–water partition coefficient (Wildman–Crippen LogP) is 7.39. The quantitative estimate of drug-likeness (QED) is 0.206. The van der Waals surface area contributed by atoms with Crippen molar-refractivity contribution < 1.29 is 20.4 Å². The highest BCUT2D eigenvalue weighted by atomic mass is 17.1. The van der Waals surface area contributed by atoms with Crippen molar-refractivity contribution >= 4 is 0 Å². The van der Waals surface area contributed by atoms with Gasteiger partial charge in [-0.05, 0) is 130 Å². The maximum Gasteiger partial charge on any atom is 0.116 e. The van der Waals surface area contributed by atoms with Crippen molar-refractivity contribution in [3.05, 3.63) is 12.2 Å². The summed E-state index contributed by atoms with van der Waals surface area (Å²) in [5.41, 5.74) is -0.510. The minimum atomic E-state index is -0.691. The van der Waals surface area contributed by atoms with E-state index < -0.39 is 11.2 Å². The van der Waals surface area contributed by atoms with E-state index in [1.54, 1.807) is 0 Å². The zero-order chi connectivity index (χ0) is 26.1. The fraction of sp³-hybridized carbons (Fsp3) is 0.935. The minimum absolute atomic E-state index is 0.00286. The number of fused-ring (bicyclic) bond motifs is 5. The first-order valence-electron chi connectivity index (χ1n) is 14.5. The summed E-state index contributed by atoms with van der Waals surface area (Å²) in [6.45, 7) is 18.1. The Balaban J connectivity index is 1.54. The zero-order valence-electron chi connectivity index (χ0n) is 23.9. The van der Waals surface area contributed by atoms with Gasteiger partial charge in [-0.15, -0.1) is 0 Å². The maximum atomic E-state index is 11.7. The van der Waals surface area contributed by atoms with E-state index >= 15 is 0 Å². The van der Waals surface area contributed by atoms with Crippen LogP contribution >= 0.6 is 0 Å². The Bertz CT molecular complexity index is 815. The summed E-state index contributed by atoms with van der Waals surface area (Å²) in [5.74, 6) is 2.21. The highest BCUT2D eigenvalue weighted by Gasteiger charge is 2.69. The van der Waals surface area contributed by atoms with Crippen molar-refractivity contribution in [3.63, 3.8) is 0 Å². The van der Waals surface area contributed by atoms with Gasteiger partial charge in [0.1, 0.15) is 5.60 Å². The second-order valence-corrected chi connectivity index (χ2v) is 15.2. The van der Waals surface area contributed by atoms with Crippen LogP contribution in [-0.4, -0.2) is 32.8 Å². The van der Waals surface area contributed by atoms with Crippen molar-refractivity contribution in [1.82, 2.24) is 0 Å². The van der Waals surface area contributed by atoms with E-state index in [9.17, 15) is 10.2 Å². The standard InChI is InChI=1S/C31H54O4/c1-26(2,35-34)16-9-10-17-31(8,33)22-13-19-29(6)21(22)11-12-24-28(5)18-15-25(32)27(3,4)23(28)14-20-30(24,29)7/h9,16,21-25,32-34H,10-15,17-20H2,1-8H3/t21-,22+,23+,24-,25+,28+,29-,30-,31+/m1/s1. The van der Waals surface area contributed by atoms with Gasteiger partial charge in [-0.25, -0.2) is 4.89 Å². The van der Waals surface area contributed by atoms with Crippen LogP contribution in [0.15, 0.2) is 12.2 Å². The molecule has 0 bridgehead atoms. The Labute approximate surface area is 214 Å². The molecule has 4 fully saturated rings. The van der Waals surface area contributed by atoms with Gasteiger partial charge in [-0.2, -0.15) is 0 Å². The lowest BCUT2D eigenvalue weighted by Gasteiger charge is -2.70. The second-order valence-electron chi connectivity index (χ2n) is 15.2. The van der Waals surface area contributed by atoms with Crippen molar-refractivity contribution in [3.8, 4) is 0 Å². The SMILES string of the molecule is CC(C)(C=CCC[C@](C)(O)[C@H]1CC[C@]2(C)[C@@H]1CC[C@@H]1[C@@]3(C)CC[C@H](O)C(C)(C)[C@@H]3CC[C@]12C)OO. The molecule has 0 spiro atoms. The van der Waals surface area contributed by atoms with Crippen LogP contribution < -0.4 is 0 Å². The molecule has 4 nitrogen and oxygen atoms in total. The molecule has 4 aliphatic rings. The molecule has 202 valence electrons. The van der Waals surface area contributed by atoms with Crippen LogP contribution in [0.3, 0.4) is 0 Å². The lowest BCUT2D eigenvalue weighted by Crippen LogP contribution is -2.64. The van der Waals surface area contributed by atoms with Gasteiger partial charge in [0.25, 0.3) is 0 Å². The zero-order valence-corrected chi connectivity index (χ0v) is 23.9. The van der Waals surface area contributed by atoms with Crippen molar-refractivity contribution in [2.24, 2.45) is 45.3 Å². The molecule has 3 N–H and O–H groups in total. The molecule has 0 saturated heterocycles. The molecule has 35 heavy (non-hydrogen) atoms. The first-order valence-corrected chi connectivity index (χ1v) is 14.5. The van der Waals surface area contributed by atoms with Crippen LogP contribution in [0.1, 0.15) is 120 Å². The highest BCUT2D eigenvalue weighted by Crippen LogP contribution is 2.75. The molecular formula is C31H54O4. The number of allylic oxidation sites excluding steroid dienone is 1. The summed E-state index contributed by atoms with van der Waals surface area (Å²) in [6.07, 6.45) is 14.7. The van der Waals surface area contributed by atoms with Crippen molar-refractivity contribution in [1.29, 1.82) is 0 Å². The number of hydrogen-bond acceptors (Lipinski definition) is 4. The molecular weight excluding hydrogens is 436 g/mol. The summed E-state index contributed by atoms with van der Waals surface area (Å²) < 4.78 is 0. The van der Waals surface area contributed by atoms with Gasteiger partial charge in [0.05, 0.1) is 11.7 Å². The fourth-order valence-electron chi connectivity index (χ4n) is 10.4. The monoisotopic (exact) mass is 490 g/mol. The normalized spacial score (nSPS) is 47.1. The molecule has 4 aliphatic carbocycles.